The lowest BCUT2D eigenvalue weighted by molar-refractivity contribution is -0.384. The Morgan fingerprint density at radius 3 is 2.50 bits per heavy atom. The molecule has 8 nitrogen and oxygen atoms in total. The summed E-state index contributed by atoms with van der Waals surface area (Å²) in [7, 11) is 0. The lowest BCUT2D eigenvalue weighted by Gasteiger charge is -2.11. The summed E-state index contributed by atoms with van der Waals surface area (Å²) in [5.41, 5.74) is 4.10. The molecule has 0 aliphatic rings. The molecule has 0 fully saturated rings. The Bertz CT molecular complexity index is 1420. The van der Waals surface area contributed by atoms with Crippen LogP contribution in [0.3, 0.4) is 0 Å². The molecule has 0 saturated heterocycles. The molecule has 0 aliphatic carbocycles. The van der Waals surface area contributed by atoms with Crippen molar-refractivity contribution in [1.29, 1.82) is 0 Å². The Labute approximate surface area is 201 Å². The molecule has 4 rings (SSSR count). The summed E-state index contributed by atoms with van der Waals surface area (Å²) in [6.45, 7) is 4.27. The molecular weight excluding hydrogens is 450 g/mol. The number of anilines is 1. The Morgan fingerprint density at radius 2 is 1.79 bits per heavy atom. The monoisotopic (exact) mass is 473 g/mol. The summed E-state index contributed by atoms with van der Waals surface area (Å²) in [6.07, 6.45) is 0. The van der Waals surface area contributed by atoms with Gasteiger partial charge in [0.25, 0.3) is 5.69 Å². The van der Waals surface area contributed by atoms with Crippen molar-refractivity contribution in [3.8, 4) is 5.69 Å². The maximum Gasteiger partial charge on any atom is 0.270 e. The first-order valence-electron chi connectivity index (χ1n) is 10.7. The molecule has 0 bridgehead atoms. The van der Waals surface area contributed by atoms with Crippen LogP contribution in [0, 0.1) is 28.7 Å². The fraction of sp³-hybridized carbons (Fsp3) is 0.160. The van der Waals surface area contributed by atoms with E-state index in [1.165, 1.54) is 22.9 Å². The normalized spacial score (nSPS) is 10.8. The average molecular weight is 474 g/mol. The highest BCUT2D eigenvalue weighted by Crippen LogP contribution is 2.20. The average Bonchev–Trinajstić information content (AvgIpc) is 3.13. The molecular formula is C25H23N5O3S. The molecule has 3 aromatic carbocycles. The number of aromatic nitrogens is 3. The molecule has 0 spiro atoms. The van der Waals surface area contributed by atoms with Gasteiger partial charge in [0, 0.05) is 23.4 Å². The van der Waals surface area contributed by atoms with Crippen molar-refractivity contribution >= 4 is 29.4 Å². The first-order valence-corrected chi connectivity index (χ1v) is 11.1. The lowest BCUT2D eigenvalue weighted by Crippen LogP contribution is -2.12. The van der Waals surface area contributed by atoms with Crippen molar-refractivity contribution in [3.05, 3.63) is 110 Å². The van der Waals surface area contributed by atoms with Crippen LogP contribution in [0.5, 0.6) is 0 Å². The smallest absolute Gasteiger partial charge is 0.270 e. The number of carbonyl (C=O) groups is 1. The molecule has 0 unspecified atom stereocenters. The van der Waals surface area contributed by atoms with E-state index in [0.29, 0.717) is 17.1 Å². The molecule has 0 radical (unpaired) electrons. The van der Waals surface area contributed by atoms with Gasteiger partial charge in [0.15, 0.2) is 11.6 Å². The Balaban J connectivity index is 1.68. The van der Waals surface area contributed by atoms with E-state index >= 15 is 0 Å². The van der Waals surface area contributed by atoms with Crippen LogP contribution < -0.4 is 5.32 Å². The number of aryl methyl sites for hydroxylation is 2. The molecule has 0 amide bonds. The zero-order valence-corrected chi connectivity index (χ0v) is 19.6. The van der Waals surface area contributed by atoms with Gasteiger partial charge < -0.3 is 5.32 Å². The maximum atomic E-state index is 12.9. The van der Waals surface area contributed by atoms with Crippen molar-refractivity contribution in [2.75, 3.05) is 5.32 Å². The van der Waals surface area contributed by atoms with Gasteiger partial charge in [-0.2, -0.15) is 5.10 Å². The van der Waals surface area contributed by atoms with Gasteiger partial charge in [-0.25, -0.2) is 4.68 Å². The SMILES string of the molecule is Cc1ccc(NCc2nn(CC(=O)c3cccc([N+](=O)[O-])c3)c(=S)n2-c2ccccc2C)cc1. The van der Waals surface area contributed by atoms with Crippen LogP contribution in [0.15, 0.2) is 72.8 Å². The molecule has 1 N–H and O–H groups in total. The summed E-state index contributed by atoms with van der Waals surface area (Å²) < 4.78 is 3.69. The van der Waals surface area contributed by atoms with Crippen LogP contribution in [-0.4, -0.2) is 25.1 Å². The Hall–Kier alpha value is -4.11. The van der Waals surface area contributed by atoms with E-state index in [4.69, 9.17) is 12.2 Å². The molecule has 9 heteroatoms. The third-order valence-corrected chi connectivity index (χ3v) is 5.83. The second-order valence-corrected chi connectivity index (χ2v) is 8.29. The summed E-state index contributed by atoms with van der Waals surface area (Å²) >= 11 is 5.71. The number of benzene rings is 3. The minimum Gasteiger partial charge on any atom is -0.378 e. The number of nitrogens with one attached hydrogen (secondary N) is 1. The molecule has 1 aromatic heterocycles. The number of hydrogen-bond donors (Lipinski definition) is 1. The van der Waals surface area contributed by atoms with Gasteiger partial charge in [0.2, 0.25) is 4.77 Å². The first-order chi connectivity index (χ1) is 16.3. The van der Waals surface area contributed by atoms with Crippen molar-refractivity contribution in [2.24, 2.45) is 0 Å². The van der Waals surface area contributed by atoms with Crippen LogP contribution in [-0.2, 0) is 13.1 Å². The van der Waals surface area contributed by atoms with Gasteiger partial charge in [-0.05, 0) is 49.8 Å². The molecule has 4 aromatic rings. The second-order valence-electron chi connectivity index (χ2n) is 7.93. The summed E-state index contributed by atoms with van der Waals surface area (Å²) in [4.78, 5) is 23.5. The third kappa shape index (κ3) is 4.94. The van der Waals surface area contributed by atoms with Crippen LogP contribution >= 0.6 is 12.2 Å². The van der Waals surface area contributed by atoms with Gasteiger partial charge in [-0.1, -0.05) is 48.0 Å². The molecule has 1 heterocycles. The van der Waals surface area contributed by atoms with Crippen molar-refractivity contribution in [1.82, 2.24) is 14.3 Å². The van der Waals surface area contributed by atoms with Gasteiger partial charge in [-0.3, -0.25) is 19.5 Å². The van der Waals surface area contributed by atoms with Crippen molar-refractivity contribution < 1.29 is 9.72 Å². The number of nitro benzene ring substituents is 1. The van der Waals surface area contributed by atoms with Gasteiger partial charge >= 0.3 is 0 Å². The van der Waals surface area contributed by atoms with E-state index in [1.54, 1.807) is 6.07 Å². The number of para-hydroxylation sites is 1. The van der Waals surface area contributed by atoms with Crippen molar-refractivity contribution in [3.63, 3.8) is 0 Å². The van der Waals surface area contributed by atoms with Crippen LogP contribution in [0.25, 0.3) is 5.69 Å². The molecule has 34 heavy (non-hydrogen) atoms. The number of nitro groups is 1. The number of hydrogen-bond acceptors (Lipinski definition) is 6. The van der Waals surface area contributed by atoms with E-state index in [9.17, 15) is 14.9 Å². The van der Waals surface area contributed by atoms with Gasteiger partial charge in [0.05, 0.1) is 17.2 Å². The van der Waals surface area contributed by atoms with E-state index in [1.807, 2.05) is 66.9 Å². The fourth-order valence-corrected chi connectivity index (χ4v) is 3.91. The number of carbonyl (C=O) groups excluding carboxylic acids is 1. The summed E-state index contributed by atoms with van der Waals surface area (Å²) in [6, 6.07) is 21.5. The van der Waals surface area contributed by atoms with Crippen LogP contribution in [0.1, 0.15) is 27.3 Å². The third-order valence-electron chi connectivity index (χ3n) is 5.44. The van der Waals surface area contributed by atoms with Gasteiger partial charge in [0.1, 0.15) is 6.54 Å². The Morgan fingerprint density at radius 1 is 1.06 bits per heavy atom. The summed E-state index contributed by atoms with van der Waals surface area (Å²) in [5.74, 6) is 0.332. The molecule has 172 valence electrons. The van der Waals surface area contributed by atoms with Crippen LogP contribution in [0.2, 0.25) is 0 Å². The molecule has 0 aliphatic heterocycles. The summed E-state index contributed by atoms with van der Waals surface area (Å²) in [5, 5.41) is 19.1. The predicted molar refractivity (Wildman–Crippen MR) is 133 cm³/mol. The molecule has 0 saturated carbocycles. The number of non-ortho nitro benzene ring substituents is 1. The second kappa shape index (κ2) is 9.80. The van der Waals surface area contributed by atoms with Crippen molar-refractivity contribution in [2.45, 2.75) is 26.9 Å². The highest BCUT2D eigenvalue weighted by molar-refractivity contribution is 7.71. The minimum absolute atomic E-state index is 0.129. The van der Waals surface area contributed by atoms with Gasteiger partial charge in [-0.15, -0.1) is 0 Å². The fourth-order valence-electron chi connectivity index (χ4n) is 3.60. The zero-order chi connectivity index (χ0) is 24.2. The largest absolute Gasteiger partial charge is 0.378 e. The number of ketones is 1. The topological polar surface area (TPSA) is 95.0 Å². The Kier molecular flexibility index (Phi) is 6.65. The highest BCUT2D eigenvalue weighted by Gasteiger charge is 2.18. The first kappa shape index (κ1) is 23.1. The predicted octanol–water partition coefficient (Wildman–Crippen LogP) is 5.42. The van der Waals surface area contributed by atoms with E-state index in [0.717, 1.165) is 22.5 Å². The highest BCUT2D eigenvalue weighted by atomic mass is 32.1. The van der Waals surface area contributed by atoms with E-state index in [2.05, 4.69) is 10.4 Å². The molecule has 0 atom stereocenters. The number of rotatable bonds is 8. The van der Waals surface area contributed by atoms with Crippen LogP contribution in [0.4, 0.5) is 11.4 Å². The van der Waals surface area contributed by atoms with E-state index < -0.39 is 4.92 Å². The maximum absolute atomic E-state index is 12.9. The number of nitrogens with zero attached hydrogens (tertiary/aromatic N) is 4. The zero-order valence-electron chi connectivity index (χ0n) is 18.8. The lowest BCUT2D eigenvalue weighted by atomic mass is 10.1. The minimum atomic E-state index is -0.524. The quantitative estimate of drug-likeness (QED) is 0.159. The number of Topliss-reactive ketones (excluding diaryl/α,β-unsaturated/α-hetero) is 1. The standard InChI is InChI=1S/C25H23N5O3S/c1-17-10-12-20(13-11-17)26-15-24-27-28(25(34)29(24)22-9-4-3-6-18(22)2)16-23(31)19-7-5-8-21(14-19)30(32)33/h3-14,26H,15-16H2,1-2H3. The van der Waals surface area contributed by atoms with E-state index in [-0.39, 0.29) is 23.6 Å².